The number of piperidine rings is 1. The minimum Gasteiger partial charge on any atom is -0.444 e. The van der Waals surface area contributed by atoms with E-state index in [9.17, 15) is 4.79 Å². The average molecular weight is 311 g/mol. The van der Waals surface area contributed by atoms with Gasteiger partial charge in [0, 0.05) is 24.7 Å². The number of ether oxygens (including phenoxy) is 1. The van der Waals surface area contributed by atoms with E-state index in [1.807, 2.05) is 20.8 Å². The summed E-state index contributed by atoms with van der Waals surface area (Å²) in [5, 5.41) is 6.63. The van der Waals surface area contributed by atoms with Gasteiger partial charge in [-0.3, -0.25) is 0 Å². The van der Waals surface area contributed by atoms with E-state index in [1.165, 1.54) is 38.8 Å². The van der Waals surface area contributed by atoms with Crippen molar-refractivity contribution in [1.29, 1.82) is 0 Å². The SMILES string of the molecule is CCC(CNC(=O)OC(C)(C)C)NC1CCN2CCCC2C1. The molecular weight excluding hydrogens is 278 g/mol. The maximum atomic E-state index is 11.8. The summed E-state index contributed by atoms with van der Waals surface area (Å²) in [6, 6.07) is 1.69. The van der Waals surface area contributed by atoms with E-state index in [1.54, 1.807) is 0 Å². The molecule has 5 heteroatoms. The molecule has 0 aromatic heterocycles. The highest BCUT2D eigenvalue weighted by Crippen LogP contribution is 2.27. The Bertz CT molecular complexity index is 367. The van der Waals surface area contributed by atoms with E-state index in [0.29, 0.717) is 18.6 Å². The van der Waals surface area contributed by atoms with E-state index < -0.39 is 5.60 Å². The van der Waals surface area contributed by atoms with Crippen LogP contribution in [0.4, 0.5) is 4.79 Å². The average Bonchev–Trinajstić information content (AvgIpc) is 2.88. The van der Waals surface area contributed by atoms with Crippen molar-refractivity contribution < 1.29 is 9.53 Å². The lowest BCUT2D eigenvalue weighted by atomic mass is 9.96. The van der Waals surface area contributed by atoms with Crippen LogP contribution in [-0.4, -0.2) is 54.4 Å². The predicted molar refractivity (Wildman–Crippen MR) is 89.1 cm³/mol. The number of carbonyl (C=O) groups is 1. The Morgan fingerprint density at radius 1 is 1.32 bits per heavy atom. The van der Waals surface area contributed by atoms with Gasteiger partial charge in [0.1, 0.15) is 5.60 Å². The highest BCUT2D eigenvalue weighted by Gasteiger charge is 2.32. The minimum absolute atomic E-state index is 0.321. The van der Waals surface area contributed by atoms with Gasteiger partial charge in [-0.05, 0) is 66.0 Å². The maximum absolute atomic E-state index is 11.8. The molecule has 2 saturated heterocycles. The van der Waals surface area contributed by atoms with Crippen molar-refractivity contribution in [3.8, 4) is 0 Å². The van der Waals surface area contributed by atoms with E-state index in [-0.39, 0.29) is 6.09 Å². The highest BCUT2D eigenvalue weighted by molar-refractivity contribution is 5.67. The van der Waals surface area contributed by atoms with Crippen molar-refractivity contribution in [2.75, 3.05) is 19.6 Å². The molecule has 0 aromatic rings. The van der Waals surface area contributed by atoms with Crippen LogP contribution in [0, 0.1) is 0 Å². The molecule has 2 aliphatic rings. The quantitative estimate of drug-likeness (QED) is 0.819. The van der Waals surface area contributed by atoms with Crippen molar-refractivity contribution in [1.82, 2.24) is 15.5 Å². The highest BCUT2D eigenvalue weighted by atomic mass is 16.6. The summed E-state index contributed by atoms with van der Waals surface area (Å²) in [7, 11) is 0. The lowest BCUT2D eigenvalue weighted by Gasteiger charge is -2.37. The molecular formula is C17H33N3O2. The van der Waals surface area contributed by atoms with Gasteiger partial charge in [0.05, 0.1) is 0 Å². The molecule has 2 fully saturated rings. The summed E-state index contributed by atoms with van der Waals surface area (Å²) in [4.78, 5) is 14.4. The molecule has 2 aliphatic heterocycles. The maximum Gasteiger partial charge on any atom is 0.407 e. The lowest BCUT2D eigenvalue weighted by molar-refractivity contribution is 0.0519. The van der Waals surface area contributed by atoms with Gasteiger partial charge in [-0.2, -0.15) is 0 Å². The van der Waals surface area contributed by atoms with Crippen LogP contribution in [0.5, 0.6) is 0 Å². The predicted octanol–water partition coefficient (Wildman–Crippen LogP) is 2.51. The number of fused-ring (bicyclic) bond motifs is 1. The first-order chi connectivity index (χ1) is 10.4. The number of carbonyl (C=O) groups excluding carboxylic acids is 1. The molecule has 0 aromatic carbocycles. The van der Waals surface area contributed by atoms with Gasteiger partial charge < -0.3 is 20.3 Å². The Morgan fingerprint density at radius 2 is 2.09 bits per heavy atom. The first-order valence-corrected chi connectivity index (χ1v) is 8.84. The first kappa shape index (κ1) is 17.5. The van der Waals surface area contributed by atoms with Crippen LogP contribution < -0.4 is 10.6 Å². The number of nitrogens with one attached hydrogen (secondary N) is 2. The molecule has 2 N–H and O–H groups in total. The standard InChI is InChI=1S/C17H33N3O2/c1-5-13(12-18-16(21)22-17(2,3)4)19-14-8-10-20-9-6-7-15(20)11-14/h13-15,19H,5-12H2,1-4H3,(H,18,21). The van der Waals surface area contributed by atoms with Gasteiger partial charge in [0.15, 0.2) is 0 Å². The van der Waals surface area contributed by atoms with Crippen LogP contribution in [-0.2, 0) is 4.74 Å². The third kappa shape index (κ3) is 5.43. The number of rotatable bonds is 5. The third-order valence-electron chi connectivity index (χ3n) is 4.68. The molecule has 1 amide bonds. The lowest BCUT2D eigenvalue weighted by Crippen LogP contribution is -2.51. The van der Waals surface area contributed by atoms with Gasteiger partial charge in [-0.1, -0.05) is 6.92 Å². The molecule has 0 bridgehead atoms. The van der Waals surface area contributed by atoms with Gasteiger partial charge in [-0.15, -0.1) is 0 Å². The second kappa shape index (κ2) is 7.64. The zero-order chi connectivity index (χ0) is 16.2. The Hall–Kier alpha value is -0.810. The number of hydrogen-bond donors (Lipinski definition) is 2. The second-order valence-corrected chi connectivity index (χ2v) is 7.71. The van der Waals surface area contributed by atoms with Crippen molar-refractivity contribution >= 4 is 6.09 Å². The molecule has 3 atom stereocenters. The van der Waals surface area contributed by atoms with Crippen LogP contribution in [0.3, 0.4) is 0 Å². The van der Waals surface area contributed by atoms with Crippen LogP contribution in [0.1, 0.15) is 59.8 Å². The Labute approximate surface area is 135 Å². The summed E-state index contributed by atoms with van der Waals surface area (Å²) < 4.78 is 5.29. The molecule has 3 unspecified atom stereocenters. The molecule has 2 rings (SSSR count). The third-order valence-corrected chi connectivity index (χ3v) is 4.68. The van der Waals surface area contributed by atoms with E-state index in [0.717, 1.165) is 12.5 Å². The number of amides is 1. The molecule has 5 nitrogen and oxygen atoms in total. The number of alkyl carbamates (subject to hydrolysis) is 1. The minimum atomic E-state index is -0.436. The van der Waals surface area contributed by atoms with E-state index >= 15 is 0 Å². The van der Waals surface area contributed by atoms with Crippen molar-refractivity contribution in [2.45, 2.75) is 83.5 Å². The van der Waals surface area contributed by atoms with Crippen LogP contribution in [0.15, 0.2) is 0 Å². The smallest absolute Gasteiger partial charge is 0.407 e. The van der Waals surface area contributed by atoms with Gasteiger partial charge in [-0.25, -0.2) is 4.79 Å². The summed E-state index contributed by atoms with van der Waals surface area (Å²) in [5.41, 5.74) is -0.436. The van der Waals surface area contributed by atoms with Gasteiger partial charge in [0.25, 0.3) is 0 Å². The van der Waals surface area contributed by atoms with Crippen molar-refractivity contribution in [2.24, 2.45) is 0 Å². The summed E-state index contributed by atoms with van der Waals surface area (Å²) in [6.45, 7) is 11.0. The first-order valence-electron chi connectivity index (χ1n) is 8.84. The monoisotopic (exact) mass is 311 g/mol. The fraction of sp³-hybridized carbons (Fsp3) is 0.941. The summed E-state index contributed by atoms with van der Waals surface area (Å²) in [6.07, 6.45) is 5.88. The molecule has 0 spiro atoms. The zero-order valence-electron chi connectivity index (χ0n) is 14.7. The van der Waals surface area contributed by atoms with Crippen LogP contribution in [0.2, 0.25) is 0 Å². The Balaban J connectivity index is 1.71. The fourth-order valence-corrected chi connectivity index (χ4v) is 3.55. The van der Waals surface area contributed by atoms with Crippen LogP contribution >= 0.6 is 0 Å². The van der Waals surface area contributed by atoms with Crippen molar-refractivity contribution in [3.05, 3.63) is 0 Å². The molecule has 0 saturated carbocycles. The fourth-order valence-electron chi connectivity index (χ4n) is 3.55. The summed E-state index contributed by atoms with van der Waals surface area (Å²) in [5.74, 6) is 0. The number of hydrogen-bond acceptors (Lipinski definition) is 4. The second-order valence-electron chi connectivity index (χ2n) is 7.71. The molecule has 0 radical (unpaired) electrons. The van der Waals surface area contributed by atoms with Gasteiger partial charge >= 0.3 is 6.09 Å². The van der Waals surface area contributed by atoms with E-state index in [2.05, 4.69) is 22.5 Å². The molecule has 22 heavy (non-hydrogen) atoms. The van der Waals surface area contributed by atoms with Crippen molar-refractivity contribution in [3.63, 3.8) is 0 Å². The zero-order valence-corrected chi connectivity index (χ0v) is 14.7. The normalized spacial score (nSPS) is 27.3. The molecule has 128 valence electrons. The largest absolute Gasteiger partial charge is 0.444 e. The van der Waals surface area contributed by atoms with Gasteiger partial charge in [0.2, 0.25) is 0 Å². The molecule has 2 heterocycles. The number of nitrogens with zero attached hydrogens (tertiary/aromatic N) is 1. The Morgan fingerprint density at radius 3 is 2.77 bits per heavy atom. The Kier molecular flexibility index (Phi) is 6.09. The summed E-state index contributed by atoms with van der Waals surface area (Å²) >= 11 is 0. The topological polar surface area (TPSA) is 53.6 Å². The van der Waals surface area contributed by atoms with Crippen LogP contribution in [0.25, 0.3) is 0 Å². The molecule has 0 aliphatic carbocycles. The van der Waals surface area contributed by atoms with E-state index in [4.69, 9.17) is 4.74 Å².